The Hall–Kier alpha value is -2.60. The zero-order chi connectivity index (χ0) is 15.5. The summed E-state index contributed by atoms with van der Waals surface area (Å²) in [5.41, 5.74) is 1.68. The average Bonchev–Trinajstić information content (AvgIpc) is 3.00. The first kappa shape index (κ1) is 14.3. The van der Waals surface area contributed by atoms with E-state index in [2.05, 4.69) is 20.7 Å². The maximum absolute atomic E-state index is 14.2. The van der Waals surface area contributed by atoms with E-state index in [1.165, 1.54) is 19.4 Å². The number of aromatic nitrogens is 3. The van der Waals surface area contributed by atoms with Gasteiger partial charge in [-0.1, -0.05) is 23.7 Å². The Kier molecular flexibility index (Phi) is 3.93. The Morgan fingerprint density at radius 1 is 1.23 bits per heavy atom. The van der Waals surface area contributed by atoms with Crippen LogP contribution in [0.5, 0.6) is 5.75 Å². The largest absolute Gasteiger partial charge is 0.494 e. The van der Waals surface area contributed by atoms with Crippen LogP contribution in [-0.4, -0.2) is 22.5 Å². The molecule has 0 aliphatic carbocycles. The van der Waals surface area contributed by atoms with Crippen LogP contribution in [0.3, 0.4) is 0 Å². The summed E-state index contributed by atoms with van der Waals surface area (Å²) >= 11 is 5.80. The molecule has 0 fully saturated rings. The molecule has 0 atom stereocenters. The summed E-state index contributed by atoms with van der Waals surface area (Å²) in [6.07, 6.45) is 1.54. The number of hydrogen-bond donors (Lipinski definition) is 2. The van der Waals surface area contributed by atoms with Crippen LogP contribution >= 0.6 is 11.6 Å². The number of para-hydroxylation sites is 1. The molecule has 0 bridgehead atoms. The van der Waals surface area contributed by atoms with Crippen molar-refractivity contribution in [3.05, 3.63) is 53.4 Å². The lowest BCUT2D eigenvalue weighted by atomic mass is 10.0. The van der Waals surface area contributed by atoms with Gasteiger partial charge in [0.1, 0.15) is 11.6 Å². The number of nitrogens with one attached hydrogen (secondary N) is 2. The van der Waals surface area contributed by atoms with Gasteiger partial charge in [-0.15, -0.1) is 5.10 Å². The number of ether oxygens (including phenoxy) is 1. The zero-order valence-corrected chi connectivity index (χ0v) is 12.4. The van der Waals surface area contributed by atoms with E-state index in [9.17, 15) is 4.39 Å². The number of hydrogen-bond acceptors (Lipinski definition) is 4. The molecule has 0 radical (unpaired) electrons. The van der Waals surface area contributed by atoms with Crippen molar-refractivity contribution in [1.82, 2.24) is 15.4 Å². The molecule has 0 spiro atoms. The number of H-pyrrole nitrogens is 1. The molecule has 1 aromatic heterocycles. The molecule has 0 aliphatic rings. The van der Waals surface area contributed by atoms with E-state index in [0.29, 0.717) is 33.4 Å². The Morgan fingerprint density at radius 3 is 2.77 bits per heavy atom. The molecule has 7 heteroatoms. The van der Waals surface area contributed by atoms with Crippen LogP contribution in [0.25, 0.3) is 11.1 Å². The number of aromatic amines is 1. The van der Waals surface area contributed by atoms with Gasteiger partial charge in [0, 0.05) is 16.1 Å². The molecule has 0 saturated carbocycles. The summed E-state index contributed by atoms with van der Waals surface area (Å²) in [7, 11) is 1.53. The van der Waals surface area contributed by atoms with Gasteiger partial charge >= 0.3 is 0 Å². The monoisotopic (exact) mass is 318 g/mol. The van der Waals surface area contributed by atoms with E-state index in [0.717, 1.165) is 0 Å². The van der Waals surface area contributed by atoms with Gasteiger partial charge in [-0.05, 0) is 24.3 Å². The highest BCUT2D eigenvalue weighted by molar-refractivity contribution is 6.30. The summed E-state index contributed by atoms with van der Waals surface area (Å²) < 4.78 is 19.6. The van der Waals surface area contributed by atoms with Crippen molar-refractivity contribution in [2.75, 3.05) is 12.4 Å². The molecule has 22 heavy (non-hydrogen) atoms. The predicted molar refractivity (Wildman–Crippen MR) is 83.1 cm³/mol. The molecule has 0 saturated heterocycles. The molecule has 3 rings (SSSR count). The van der Waals surface area contributed by atoms with Crippen LogP contribution in [0.1, 0.15) is 0 Å². The summed E-state index contributed by atoms with van der Waals surface area (Å²) in [6.45, 7) is 0. The van der Waals surface area contributed by atoms with Gasteiger partial charge in [0.25, 0.3) is 0 Å². The van der Waals surface area contributed by atoms with Gasteiger partial charge in [-0.25, -0.2) is 4.39 Å². The fraction of sp³-hybridized carbons (Fsp3) is 0.0667. The summed E-state index contributed by atoms with van der Waals surface area (Å²) in [5.74, 6) is 0.628. The zero-order valence-electron chi connectivity index (χ0n) is 11.6. The number of rotatable bonds is 4. The SMILES string of the molecule is COc1c(Nc2cn[nH]n2)cccc1-c1ccc(Cl)cc1F. The van der Waals surface area contributed by atoms with Crippen LogP contribution in [-0.2, 0) is 0 Å². The molecule has 5 nitrogen and oxygen atoms in total. The predicted octanol–water partition coefficient (Wildman–Crippen LogP) is 4.02. The summed E-state index contributed by atoms with van der Waals surface area (Å²) in [4.78, 5) is 0. The number of halogens is 2. The van der Waals surface area contributed by atoms with Crippen LogP contribution < -0.4 is 10.1 Å². The van der Waals surface area contributed by atoms with Crippen molar-refractivity contribution in [3.8, 4) is 16.9 Å². The highest BCUT2D eigenvalue weighted by Gasteiger charge is 2.15. The van der Waals surface area contributed by atoms with Gasteiger partial charge in [0.15, 0.2) is 5.82 Å². The van der Waals surface area contributed by atoms with Gasteiger partial charge in [0.05, 0.1) is 19.0 Å². The van der Waals surface area contributed by atoms with Crippen molar-refractivity contribution in [3.63, 3.8) is 0 Å². The van der Waals surface area contributed by atoms with Gasteiger partial charge in [-0.3, -0.25) is 0 Å². The number of anilines is 2. The van der Waals surface area contributed by atoms with Crippen molar-refractivity contribution in [2.45, 2.75) is 0 Å². The van der Waals surface area contributed by atoms with E-state index < -0.39 is 5.82 Å². The third kappa shape index (κ3) is 2.73. The lowest BCUT2D eigenvalue weighted by Gasteiger charge is -2.14. The molecular formula is C15H12ClFN4O. The minimum absolute atomic E-state index is 0.345. The normalized spacial score (nSPS) is 10.5. The van der Waals surface area contributed by atoms with Gasteiger partial charge in [-0.2, -0.15) is 10.3 Å². The lowest BCUT2D eigenvalue weighted by molar-refractivity contribution is 0.418. The molecule has 2 N–H and O–H groups in total. The smallest absolute Gasteiger partial charge is 0.172 e. The van der Waals surface area contributed by atoms with Crippen molar-refractivity contribution < 1.29 is 9.13 Å². The summed E-state index contributed by atoms with van der Waals surface area (Å²) in [5, 5.41) is 13.6. The van der Waals surface area contributed by atoms with E-state index in [4.69, 9.17) is 16.3 Å². The first-order valence-electron chi connectivity index (χ1n) is 6.44. The van der Waals surface area contributed by atoms with Gasteiger partial charge < -0.3 is 10.1 Å². The Morgan fingerprint density at radius 2 is 2.09 bits per heavy atom. The molecule has 3 aromatic rings. The lowest BCUT2D eigenvalue weighted by Crippen LogP contribution is -1.97. The first-order valence-corrected chi connectivity index (χ1v) is 6.82. The number of methoxy groups -OCH3 is 1. The Balaban J connectivity index is 2.08. The minimum atomic E-state index is -0.413. The van der Waals surface area contributed by atoms with Crippen LogP contribution in [0.4, 0.5) is 15.9 Å². The van der Waals surface area contributed by atoms with Crippen molar-refractivity contribution in [1.29, 1.82) is 0 Å². The average molecular weight is 319 g/mol. The van der Waals surface area contributed by atoms with Crippen LogP contribution in [0, 0.1) is 5.82 Å². The van der Waals surface area contributed by atoms with Gasteiger partial charge in [0.2, 0.25) is 0 Å². The molecule has 112 valence electrons. The second kappa shape index (κ2) is 6.03. The second-order valence-electron chi connectivity index (χ2n) is 4.49. The molecule has 1 heterocycles. The third-order valence-corrected chi connectivity index (χ3v) is 3.35. The standard InChI is InChI=1S/C15H12ClFN4O/c1-22-15-11(10-6-5-9(16)7-12(10)17)3-2-4-13(15)19-14-8-18-21-20-14/h2-8H,1H3,(H2,18,19,20,21). The molecule has 0 amide bonds. The van der Waals surface area contributed by atoms with E-state index in [1.54, 1.807) is 24.3 Å². The molecule has 2 aromatic carbocycles. The highest BCUT2D eigenvalue weighted by Crippen LogP contribution is 2.38. The quantitative estimate of drug-likeness (QED) is 0.762. The van der Waals surface area contributed by atoms with Crippen LogP contribution in [0.2, 0.25) is 5.02 Å². The maximum Gasteiger partial charge on any atom is 0.172 e. The highest BCUT2D eigenvalue weighted by atomic mass is 35.5. The molecule has 0 unspecified atom stereocenters. The third-order valence-electron chi connectivity index (χ3n) is 3.12. The Labute approximate surface area is 131 Å². The van der Waals surface area contributed by atoms with Crippen LogP contribution in [0.15, 0.2) is 42.6 Å². The van der Waals surface area contributed by atoms with Crippen molar-refractivity contribution in [2.24, 2.45) is 0 Å². The number of nitrogens with zero attached hydrogens (tertiary/aromatic N) is 2. The van der Waals surface area contributed by atoms with E-state index in [-0.39, 0.29) is 0 Å². The number of benzene rings is 2. The van der Waals surface area contributed by atoms with E-state index in [1.807, 2.05) is 6.07 Å². The summed E-state index contributed by atoms with van der Waals surface area (Å²) in [6, 6.07) is 9.92. The Bertz CT molecular complexity index is 792. The van der Waals surface area contributed by atoms with Crippen molar-refractivity contribution >= 4 is 23.1 Å². The minimum Gasteiger partial charge on any atom is -0.494 e. The molecule has 0 aliphatic heterocycles. The second-order valence-corrected chi connectivity index (χ2v) is 4.93. The topological polar surface area (TPSA) is 62.8 Å². The fourth-order valence-electron chi connectivity index (χ4n) is 2.18. The molecular weight excluding hydrogens is 307 g/mol. The maximum atomic E-state index is 14.2. The van der Waals surface area contributed by atoms with E-state index >= 15 is 0 Å². The fourth-order valence-corrected chi connectivity index (χ4v) is 2.33. The first-order chi connectivity index (χ1) is 10.7.